The number of rotatable bonds is 5. The van der Waals surface area contributed by atoms with Gasteiger partial charge in [0.2, 0.25) is 5.91 Å². The molecule has 2 heterocycles. The number of aromatic nitrogens is 3. The molecule has 2 aromatic rings. The van der Waals surface area contributed by atoms with Gasteiger partial charge in [0.05, 0.1) is 5.75 Å². The van der Waals surface area contributed by atoms with E-state index in [0.717, 1.165) is 42.7 Å². The van der Waals surface area contributed by atoms with Crippen LogP contribution in [0.15, 0.2) is 35.7 Å². The van der Waals surface area contributed by atoms with Crippen LogP contribution >= 0.6 is 11.8 Å². The number of benzene rings is 1. The third-order valence-corrected chi connectivity index (χ3v) is 5.74. The normalized spacial score (nSPS) is 15.8. The maximum absolute atomic E-state index is 12.4. The van der Waals surface area contributed by atoms with E-state index < -0.39 is 0 Å². The molecule has 0 saturated carbocycles. The highest BCUT2D eigenvalue weighted by Crippen LogP contribution is 2.23. The molecule has 0 spiro atoms. The lowest BCUT2D eigenvalue weighted by Crippen LogP contribution is -2.38. The Labute approximate surface area is 153 Å². The van der Waals surface area contributed by atoms with Gasteiger partial charge in [0.15, 0.2) is 5.16 Å². The summed E-state index contributed by atoms with van der Waals surface area (Å²) >= 11 is 1.46. The van der Waals surface area contributed by atoms with Gasteiger partial charge in [-0.25, -0.2) is 0 Å². The van der Waals surface area contributed by atoms with Crippen molar-refractivity contribution in [3.8, 4) is 5.69 Å². The first-order valence-electron chi connectivity index (χ1n) is 8.95. The Hall–Kier alpha value is -1.82. The van der Waals surface area contributed by atoms with E-state index in [1.54, 1.807) is 6.33 Å². The SMILES string of the molecule is CC1CCN(C(=O)CSc2nncn2-c2ccc(C(C)C)cc2)CC1. The molecule has 1 aliphatic heterocycles. The molecule has 0 radical (unpaired) electrons. The summed E-state index contributed by atoms with van der Waals surface area (Å²) in [6.45, 7) is 8.38. The second-order valence-electron chi connectivity index (χ2n) is 7.08. The average molecular weight is 359 g/mol. The fourth-order valence-corrected chi connectivity index (χ4v) is 3.83. The van der Waals surface area contributed by atoms with Crippen LogP contribution in [0.1, 0.15) is 45.1 Å². The van der Waals surface area contributed by atoms with Crippen molar-refractivity contribution in [2.45, 2.75) is 44.7 Å². The summed E-state index contributed by atoms with van der Waals surface area (Å²) in [7, 11) is 0. The van der Waals surface area contributed by atoms with E-state index >= 15 is 0 Å². The minimum Gasteiger partial charge on any atom is -0.342 e. The van der Waals surface area contributed by atoms with Gasteiger partial charge in [0, 0.05) is 18.8 Å². The third kappa shape index (κ3) is 4.42. The lowest BCUT2D eigenvalue weighted by Gasteiger charge is -2.30. The van der Waals surface area contributed by atoms with Gasteiger partial charge in [-0.05, 0) is 42.4 Å². The van der Waals surface area contributed by atoms with Crippen molar-refractivity contribution in [2.75, 3.05) is 18.8 Å². The van der Waals surface area contributed by atoms with Crippen LogP contribution in [-0.4, -0.2) is 44.4 Å². The van der Waals surface area contributed by atoms with Crippen LogP contribution in [0.25, 0.3) is 5.69 Å². The lowest BCUT2D eigenvalue weighted by atomic mass is 9.99. The fraction of sp³-hybridized carbons (Fsp3) is 0.526. The van der Waals surface area contributed by atoms with E-state index in [1.807, 2.05) is 9.47 Å². The summed E-state index contributed by atoms with van der Waals surface area (Å²) in [4.78, 5) is 14.4. The van der Waals surface area contributed by atoms with Crippen LogP contribution in [0.4, 0.5) is 0 Å². The molecular formula is C19H26N4OS. The zero-order chi connectivity index (χ0) is 17.8. The number of amides is 1. The van der Waals surface area contributed by atoms with E-state index in [9.17, 15) is 4.79 Å². The molecule has 25 heavy (non-hydrogen) atoms. The van der Waals surface area contributed by atoms with Crippen LogP contribution in [0, 0.1) is 5.92 Å². The van der Waals surface area contributed by atoms with Crippen molar-refractivity contribution in [1.82, 2.24) is 19.7 Å². The van der Waals surface area contributed by atoms with Crippen molar-refractivity contribution in [3.05, 3.63) is 36.2 Å². The summed E-state index contributed by atoms with van der Waals surface area (Å²) < 4.78 is 1.94. The van der Waals surface area contributed by atoms with Gasteiger partial charge in [0.25, 0.3) is 0 Å². The first-order chi connectivity index (χ1) is 12.0. The van der Waals surface area contributed by atoms with Crippen LogP contribution in [-0.2, 0) is 4.79 Å². The summed E-state index contributed by atoms with van der Waals surface area (Å²) in [6, 6.07) is 8.43. The van der Waals surface area contributed by atoms with E-state index in [4.69, 9.17) is 0 Å². The number of hydrogen-bond donors (Lipinski definition) is 0. The van der Waals surface area contributed by atoms with Gasteiger partial charge in [-0.2, -0.15) is 0 Å². The van der Waals surface area contributed by atoms with Crippen molar-refractivity contribution in [3.63, 3.8) is 0 Å². The minimum atomic E-state index is 0.196. The zero-order valence-corrected chi connectivity index (χ0v) is 16.0. The molecule has 5 nitrogen and oxygen atoms in total. The molecule has 0 unspecified atom stereocenters. The van der Waals surface area contributed by atoms with Gasteiger partial charge in [-0.15, -0.1) is 10.2 Å². The molecule has 0 N–H and O–H groups in total. The summed E-state index contributed by atoms with van der Waals surface area (Å²) in [5.41, 5.74) is 2.33. The predicted molar refractivity (Wildman–Crippen MR) is 101 cm³/mol. The second-order valence-corrected chi connectivity index (χ2v) is 8.02. The van der Waals surface area contributed by atoms with Crippen LogP contribution in [0.2, 0.25) is 0 Å². The molecular weight excluding hydrogens is 332 g/mol. The highest BCUT2D eigenvalue weighted by atomic mass is 32.2. The highest BCUT2D eigenvalue weighted by molar-refractivity contribution is 7.99. The molecule has 1 saturated heterocycles. The van der Waals surface area contributed by atoms with Crippen molar-refractivity contribution in [1.29, 1.82) is 0 Å². The Kier molecular flexibility index (Phi) is 5.78. The van der Waals surface area contributed by atoms with E-state index in [0.29, 0.717) is 11.7 Å². The average Bonchev–Trinajstić information content (AvgIpc) is 3.09. The van der Waals surface area contributed by atoms with Crippen molar-refractivity contribution in [2.24, 2.45) is 5.92 Å². The first kappa shape index (κ1) is 18.0. The number of thioether (sulfide) groups is 1. The number of carbonyl (C=O) groups excluding carboxylic acids is 1. The minimum absolute atomic E-state index is 0.196. The number of hydrogen-bond acceptors (Lipinski definition) is 4. The molecule has 1 aromatic heterocycles. The first-order valence-corrected chi connectivity index (χ1v) is 9.94. The Morgan fingerprint density at radius 2 is 1.92 bits per heavy atom. The van der Waals surface area contributed by atoms with Gasteiger partial charge < -0.3 is 4.90 Å². The highest BCUT2D eigenvalue weighted by Gasteiger charge is 2.21. The molecule has 1 fully saturated rings. The standard InChI is InChI=1S/C19H26N4OS/c1-14(2)16-4-6-17(7-5-16)23-13-20-21-19(23)25-12-18(24)22-10-8-15(3)9-11-22/h4-7,13-15H,8-12H2,1-3H3. The van der Waals surface area contributed by atoms with E-state index in [2.05, 4.69) is 55.2 Å². The number of nitrogens with zero attached hydrogens (tertiary/aromatic N) is 4. The molecule has 1 aliphatic rings. The quantitative estimate of drug-likeness (QED) is 0.764. The largest absolute Gasteiger partial charge is 0.342 e. The van der Waals surface area contributed by atoms with Crippen LogP contribution < -0.4 is 0 Å². The molecule has 3 rings (SSSR count). The van der Waals surface area contributed by atoms with E-state index in [1.165, 1.54) is 17.3 Å². The van der Waals surface area contributed by atoms with Crippen molar-refractivity contribution >= 4 is 17.7 Å². The van der Waals surface area contributed by atoms with Crippen LogP contribution in [0.3, 0.4) is 0 Å². The van der Waals surface area contributed by atoms with Crippen molar-refractivity contribution < 1.29 is 4.79 Å². The molecule has 0 bridgehead atoms. The molecule has 1 amide bonds. The predicted octanol–water partition coefficient (Wildman–Crippen LogP) is 3.74. The number of carbonyl (C=O) groups is 1. The number of piperidine rings is 1. The summed E-state index contributed by atoms with van der Waals surface area (Å²) in [5.74, 6) is 1.85. The zero-order valence-electron chi connectivity index (χ0n) is 15.2. The Morgan fingerprint density at radius 3 is 2.56 bits per heavy atom. The summed E-state index contributed by atoms with van der Waals surface area (Å²) in [5, 5.41) is 8.97. The smallest absolute Gasteiger partial charge is 0.233 e. The molecule has 6 heteroatoms. The fourth-order valence-electron chi connectivity index (χ4n) is 3.00. The van der Waals surface area contributed by atoms with Gasteiger partial charge >= 0.3 is 0 Å². The van der Waals surface area contributed by atoms with E-state index in [-0.39, 0.29) is 5.91 Å². The monoisotopic (exact) mass is 358 g/mol. The second kappa shape index (κ2) is 8.04. The third-order valence-electron chi connectivity index (χ3n) is 4.82. The summed E-state index contributed by atoms with van der Waals surface area (Å²) in [6.07, 6.45) is 3.92. The van der Waals surface area contributed by atoms with Gasteiger partial charge in [-0.1, -0.05) is 44.7 Å². The molecule has 0 aliphatic carbocycles. The molecule has 134 valence electrons. The maximum atomic E-state index is 12.4. The maximum Gasteiger partial charge on any atom is 0.233 e. The Bertz CT molecular complexity index is 702. The van der Waals surface area contributed by atoms with Gasteiger partial charge in [-0.3, -0.25) is 9.36 Å². The Morgan fingerprint density at radius 1 is 1.24 bits per heavy atom. The van der Waals surface area contributed by atoms with Gasteiger partial charge in [0.1, 0.15) is 6.33 Å². The molecule has 1 aromatic carbocycles. The molecule has 0 atom stereocenters. The topological polar surface area (TPSA) is 51.0 Å². The number of likely N-dealkylation sites (tertiary alicyclic amines) is 1. The van der Waals surface area contributed by atoms with Crippen LogP contribution in [0.5, 0.6) is 0 Å². The Balaban J connectivity index is 1.63. The lowest BCUT2D eigenvalue weighted by molar-refractivity contribution is -0.129.